The number of carboxylic acids is 1. The fourth-order valence-electron chi connectivity index (χ4n) is 2.58. The van der Waals surface area contributed by atoms with Crippen LogP contribution >= 0.6 is 0 Å². The Morgan fingerprint density at radius 2 is 1.57 bits per heavy atom. The standard InChI is InChI=1S/C15H17NO5/c17-11-6-9(15(20)21)5-10(16-14(19)8-3-4-8)12(11)13(18)7-1-2-7/h7-9,18H,1-6H2,(H,20,21)/b13-12+,16-10?. The number of ketones is 1. The number of carbonyl (C=O) groups is 3. The monoisotopic (exact) mass is 291 g/mol. The van der Waals surface area contributed by atoms with E-state index < -0.39 is 17.7 Å². The molecule has 0 bridgehead atoms. The zero-order valence-electron chi connectivity index (χ0n) is 11.5. The average Bonchev–Trinajstić information content (AvgIpc) is 3.29. The SMILES string of the molecule is O=C1CC(C(=O)O)CC(=NC(=O)C2CC2)/C1=C(\O)C1CC1. The minimum atomic E-state index is -1.07. The largest absolute Gasteiger partial charge is 0.511 e. The smallest absolute Gasteiger partial charge is 0.307 e. The van der Waals surface area contributed by atoms with E-state index in [4.69, 9.17) is 5.11 Å². The van der Waals surface area contributed by atoms with Crippen molar-refractivity contribution in [1.82, 2.24) is 0 Å². The third-order valence-electron chi connectivity index (χ3n) is 4.18. The number of aliphatic hydroxyl groups is 1. The van der Waals surface area contributed by atoms with E-state index in [0.29, 0.717) is 0 Å². The predicted octanol–water partition coefficient (Wildman–Crippen LogP) is 1.65. The zero-order chi connectivity index (χ0) is 15.1. The molecule has 0 radical (unpaired) electrons. The maximum absolute atomic E-state index is 12.2. The summed E-state index contributed by atoms with van der Waals surface area (Å²) < 4.78 is 0. The van der Waals surface area contributed by atoms with Gasteiger partial charge in [-0.25, -0.2) is 4.99 Å². The first-order valence-electron chi connectivity index (χ1n) is 7.28. The minimum Gasteiger partial charge on any atom is -0.511 e. The summed E-state index contributed by atoms with van der Waals surface area (Å²) in [6.07, 6.45) is 3.10. The van der Waals surface area contributed by atoms with Gasteiger partial charge in [0.05, 0.1) is 17.2 Å². The van der Waals surface area contributed by atoms with E-state index >= 15 is 0 Å². The van der Waals surface area contributed by atoms with Crippen LogP contribution in [0.3, 0.4) is 0 Å². The van der Waals surface area contributed by atoms with Crippen molar-refractivity contribution >= 4 is 23.4 Å². The van der Waals surface area contributed by atoms with Gasteiger partial charge in [-0.3, -0.25) is 14.4 Å². The highest BCUT2D eigenvalue weighted by Crippen LogP contribution is 2.39. The number of aliphatic hydroxyl groups excluding tert-OH is 1. The molecule has 112 valence electrons. The van der Waals surface area contributed by atoms with Crippen molar-refractivity contribution in [2.75, 3.05) is 0 Å². The molecule has 0 aromatic rings. The normalized spacial score (nSPS) is 30.4. The molecule has 21 heavy (non-hydrogen) atoms. The van der Waals surface area contributed by atoms with Gasteiger partial charge in [-0.1, -0.05) is 0 Å². The van der Waals surface area contributed by atoms with Crippen LogP contribution in [0.1, 0.15) is 38.5 Å². The first-order valence-corrected chi connectivity index (χ1v) is 7.28. The van der Waals surface area contributed by atoms with E-state index in [1.54, 1.807) is 0 Å². The molecule has 0 saturated heterocycles. The number of hydrogen-bond acceptors (Lipinski definition) is 4. The summed E-state index contributed by atoms with van der Waals surface area (Å²) in [5, 5.41) is 19.3. The molecular formula is C15H17NO5. The molecule has 0 aromatic heterocycles. The second-order valence-electron chi connectivity index (χ2n) is 6.07. The van der Waals surface area contributed by atoms with Crippen molar-refractivity contribution in [1.29, 1.82) is 0 Å². The second kappa shape index (κ2) is 5.09. The molecule has 0 aromatic carbocycles. The van der Waals surface area contributed by atoms with Crippen LogP contribution in [0.2, 0.25) is 0 Å². The molecule has 3 saturated carbocycles. The van der Waals surface area contributed by atoms with Crippen LogP contribution in [-0.4, -0.2) is 33.6 Å². The number of carbonyl (C=O) groups excluding carboxylic acids is 2. The Balaban J connectivity index is 1.95. The van der Waals surface area contributed by atoms with E-state index in [0.717, 1.165) is 25.7 Å². The summed E-state index contributed by atoms with van der Waals surface area (Å²) in [6, 6.07) is 0. The van der Waals surface area contributed by atoms with E-state index in [1.807, 2.05) is 0 Å². The number of aliphatic imine (C=N–C) groups is 1. The van der Waals surface area contributed by atoms with Crippen molar-refractivity contribution in [3.63, 3.8) is 0 Å². The lowest BCUT2D eigenvalue weighted by molar-refractivity contribution is -0.143. The molecule has 6 heteroatoms. The van der Waals surface area contributed by atoms with Crippen LogP contribution in [0, 0.1) is 17.8 Å². The first kappa shape index (κ1) is 14.0. The highest BCUT2D eigenvalue weighted by Gasteiger charge is 2.40. The third-order valence-corrected chi connectivity index (χ3v) is 4.18. The molecule has 3 aliphatic carbocycles. The van der Waals surface area contributed by atoms with Crippen molar-refractivity contribution in [3.05, 3.63) is 11.3 Å². The topological polar surface area (TPSA) is 104 Å². The Morgan fingerprint density at radius 1 is 0.952 bits per heavy atom. The quantitative estimate of drug-likeness (QED) is 0.607. The van der Waals surface area contributed by atoms with Crippen LogP contribution < -0.4 is 0 Å². The number of amides is 1. The van der Waals surface area contributed by atoms with Gasteiger partial charge in [-0.2, -0.15) is 0 Å². The summed E-state index contributed by atoms with van der Waals surface area (Å²) in [6.45, 7) is 0. The summed E-state index contributed by atoms with van der Waals surface area (Å²) in [5.74, 6) is -2.79. The number of nitrogens with zero attached hydrogens (tertiary/aromatic N) is 1. The predicted molar refractivity (Wildman–Crippen MR) is 72.9 cm³/mol. The number of aliphatic carboxylic acids is 1. The number of allylic oxidation sites excluding steroid dienone is 2. The Kier molecular flexibility index (Phi) is 3.39. The molecule has 1 amide bonds. The fraction of sp³-hybridized carbons (Fsp3) is 0.600. The lowest BCUT2D eigenvalue weighted by atomic mass is 9.82. The molecule has 6 nitrogen and oxygen atoms in total. The summed E-state index contributed by atoms with van der Waals surface area (Å²) >= 11 is 0. The van der Waals surface area contributed by atoms with Gasteiger partial charge in [0.1, 0.15) is 5.76 Å². The minimum absolute atomic E-state index is 0.00816. The molecule has 2 N–H and O–H groups in total. The number of hydrogen-bond donors (Lipinski definition) is 2. The Morgan fingerprint density at radius 3 is 2.10 bits per heavy atom. The van der Waals surface area contributed by atoms with Crippen molar-refractivity contribution < 1.29 is 24.6 Å². The molecule has 3 aliphatic rings. The van der Waals surface area contributed by atoms with Crippen molar-refractivity contribution in [2.24, 2.45) is 22.7 Å². The number of carboxylic acid groups (broad SMARTS) is 1. The molecule has 0 spiro atoms. The fourth-order valence-corrected chi connectivity index (χ4v) is 2.58. The first-order chi connectivity index (χ1) is 9.97. The van der Waals surface area contributed by atoms with Crippen LogP contribution in [-0.2, 0) is 14.4 Å². The van der Waals surface area contributed by atoms with Crippen LogP contribution in [0.5, 0.6) is 0 Å². The van der Waals surface area contributed by atoms with E-state index in [2.05, 4.69) is 4.99 Å². The Hall–Kier alpha value is -1.98. The van der Waals surface area contributed by atoms with Gasteiger partial charge in [-0.05, 0) is 25.7 Å². The van der Waals surface area contributed by atoms with Gasteiger partial charge < -0.3 is 10.2 Å². The molecule has 3 fully saturated rings. The van der Waals surface area contributed by atoms with Gasteiger partial charge in [0, 0.05) is 24.7 Å². The van der Waals surface area contributed by atoms with Gasteiger partial charge >= 0.3 is 5.97 Å². The molecule has 0 heterocycles. The maximum Gasteiger partial charge on any atom is 0.307 e. The van der Waals surface area contributed by atoms with Gasteiger partial charge in [0.2, 0.25) is 5.91 Å². The number of rotatable bonds is 3. The average molecular weight is 291 g/mol. The highest BCUT2D eigenvalue weighted by molar-refractivity contribution is 6.27. The van der Waals surface area contributed by atoms with Crippen molar-refractivity contribution in [2.45, 2.75) is 38.5 Å². The van der Waals surface area contributed by atoms with Crippen LogP contribution in [0.25, 0.3) is 0 Å². The zero-order valence-corrected chi connectivity index (χ0v) is 11.5. The van der Waals surface area contributed by atoms with E-state index in [-0.39, 0.29) is 47.6 Å². The van der Waals surface area contributed by atoms with Crippen molar-refractivity contribution in [3.8, 4) is 0 Å². The van der Waals surface area contributed by atoms with Gasteiger partial charge in [-0.15, -0.1) is 0 Å². The van der Waals surface area contributed by atoms with Crippen LogP contribution in [0.4, 0.5) is 0 Å². The summed E-state index contributed by atoms with van der Waals surface area (Å²) in [4.78, 5) is 39.1. The maximum atomic E-state index is 12.2. The molecule has 1 unspecified atom stereocenters. The molecule has 1 atom stereocenters. The summed E-state index contributed by atoms with van der Waals surface area (Å²) in [7, 11) is 0. The number of Topliss-reactive ketones (excluding diaryl/α,β-unsaturated/α-hetero) is 1. The lowest BCUT2D eigenvalue weighted by Crippen LogP contribution is -2.32. The molecular weight excluding hydrogens is 274 g/mol. The van der Waals surface area contributed by atoms with Crippen LogP contribution in [0.15, 0.2) is 16.3 Å². The Labute approximate surface area is 121 Å². The third kappa shape index (κ3) is 2.89. The summed E-state index contributed by atoms with van der Waals surface area (Å²) in [5.41, 5.74) is 0.268. The van der Waals surface area contributed by atoms with E-state index in [9.17, 15) is 19.5 Å². The highest BCUT2D eigenvalue weighted by atomic mass is 16.4. The lowest BCUT2D eigenvalue weighted by Gasteiger charge is -2.22. The molecule has 0 aliphatic heterocycles. The molecule has 3 rings (SSSR count). The Bertz CT molecular complexity index is 581. The van der Waals surface area contributed by atoms with Gasteiger partial charge in [0.25, 0.3) is 0 Å². The van der Waals surface area contributed by atoms with E-state index in [1.165, 1.54) is 0 Å². The second-order valence-corrected chi connectivity index (χ2v) is 6.07. The van der Waals surface area contributed by atoms with Gasteiger partial charge in [0.15, 0.2) is 5.78 Å².